The molecule has 0 spiro atoms. The molecule has 72 valence electrons. The first-order chi connectivity index (χ1) is 5.15. The van der Waals surface area contributed by atoms with Gasteiger partial charge in [-0.1, -0.05) is 0 Å². The van der Waals surface area contributed by atoms with E-state index < -0.39 is 8.32 Å². The molecule has 2 nitrogen and oxygen atoms in total. The third-order valence-electron chi connectivity index (χ3n) is 0.450. The molecule has 0 N–H and O–H groups in total. The molecule has 0 aliphatic heterocycles. The van der Waals surface area contributed by atoms with Crippen molar-refractivity contribution in [1.29, 1.82) is 0 Å². The van der Waals surface area contributed by atoms with E-state index in [1.165, 1.54) is 6.92 Å². The van der Waals surface area contributed by atoms with Crippen molar-refractivity contribution >= 4 is 28.4 Å². The minimum Gasteiger partial charge on any atom is -0.520 e. The van der Waals surface area contributed by atoms with Crippen LogP contribution in [-0.2, 0) is 9.22 Å². The molecule has 4 heteroatoms. The van der Waals surface area contributed by atoms with Crippen molar-refractivity contribution in [1.82, 2.24) is 0 Å². The molecule has 0 fully saturated rings. The second kappa shape index (κ2) is 6.70. The van der Waals surface area contributed by atoms with Crippen molar-refractivity contribution in [2.75, 3.05) is 0 Å². The SMILES string of the molecule is CC(=O)O[Si](C)(C)C.[CH3][Al]([CH3])[CH3]. The molecule has 0 unspecified atom stereocenters. The zero-order valence-electron chi connectivity index (χ0n) is 9.39. The van der Waals surface area contributed by atoms with E-state index in [0.717, 1.165) is 0 Å². The second-order valence-corrected chi connectivity index (χ2v) is 12.3. The van der Waals surface area contributed by atoms with Gasteiger partial charge in [0.25, 0.3) is 20.1 Å². The lowest BCUT2D eigenvalue weighted by Crippen LogP contribution is -2.27. The molecule has 0 radical (unpaired) electrons. The molecule has 0 aromatic rings. The van der Waals surface area contributed by atoms with Crippen LogP contribution in [0.5, 0.6) is 0 Å². The normalized spacial score (nSPS) is 9.58. The van der Waals surface area contributed by atoms with Crippen LogP contribution < -0.4 is 0 Å². The van der Waals surface area contributed by atoms with E-state index in [-0.39, 0.29) is 20.1 Å². The lowest BCUT2D eigenvalue weighted by molar-refractivity contribution is -0.132. The van der Waals surface area contributed by atoms with Crippen LogP contribution in [0.2, 0.25) is 37.0 Å². The Balaban J connectivity index is 0. The fraction of sp³-hybridized carbons (Fsp3) is 0.875. The van der Waals surface area contributed by atoms with Gasteiger partial charge in [-0.25, -0.2) is 0 Å². The van der Waals surface area contributed by atoms with E-state index in [9.17, 15) is 4.79 Å². The van der Waals surface area contributed by atoms with Gasteiger partial charge in [0.05, 0.1) is 0 Å². The minimum atomic E-state index is -1.57. The number of hydrogen-bond donors (Lipinski definition) is 0. The molecule has 0 aromatic carbocycles. The van der Waals surface area contributed by atoms with Crippen LogP contribution in [0.4, 0.5) is 0 Å². The molecule has 0 atom stereocenters. The van der Waals surface area contributed by atoms with E-state index in [1.807, 2.05) is 19.6 Å². The lowest BCUT2D eigenvalue weighted by atomic mass is 10.9. The summed E-state index contributed by atoms with van der Waals surface area (Å²) in [5.74, 6) is 6.75. The number of rotatable bonds is 1. The largest absolute Gasteiger partial charge is 0.520 e. The van der Waals surface area contributed by atoms with Gasteiger partial charge in [0.1, 0.15) is 0 Å². The number of hydrogen-bond acceptors (Lipinski definition) is 2. The molecule has 12 heavy (non-hydrogen) atoms. The zero-order chi connectivity index (χ0) is 10.4. The molecule has 0 bridgehead atoms. The Morgan fingerprint density at radius 3 is 1.42 bits per heavy atom. The Hall–Kier alpha value is 0.219. The van der Waals surface area contributed by atoms with E-state index in [1.54, 1.807) is 0 Å². The molecule has 0 saturated carbocycles. The minimum absolute atomic E-state index is 0.139. The van der Waals surface area contributed by atoms with Crippen LogP contribution in [0.3, 0.4) is 0 Å². The third-order valence-corrected chi connectivity index (χ3v) is 1.35. The quantitative estimate of drug-likeness (QED) is 0.614. The van der Waals surface area contributed by atoms with Gasteiger partial charge in [0.2, 0.25) is 8.32 Å². The molecule has 0 aromatic heterocycles. The van der Waals surface area contributed by atoms with E-state index in [0.29, 0.717) is 0 Å². The summed E-state index contributed by atoms with van der Waals surface area (Å²) < 4.78 is 4.94. The van der Waals surface area contributed by atoms with Crippen LogP contribution in [0, 0.1) is 0 Å². The van der Waals surface area contributed by atoms with Crippen LogP contribution in [0.15, 0.2) is 0 Å². The van der Waals surface area contributed by atoms with Crippen LogP contribution in [-0.4, -0.2) is 28.4 Å². The summed E-state index contributed by atoms with van der Waals surface area (Å²) >= 11 is -0.139. The molecular formula is C8H21AlO2Si. The highest BCUT2D eigenvalue weighted by molar-refractivity contribution is 6.71. The number of carbonyl (C=O) groups excluding carboxylic acids is 1. The van der Waals surface area contributed by atoms with Gasteiger partial charge < -0.3 is 4.43 Å². The summed E-state index contributed by atoms with van der Waals surface area (Å²) in [6.45, 7) is 7.38. The van der Waals surface area contributed by atoms with Gasteiger partial charge in [0.15, 0.2) is 0 Å². The average Bonchev–Trinajstić information content (AvgIpc) is 1.52. The summed E-state index contributed by atoms with van der Waals surface area (Å²) in [7, 11) is -1.57. The Morgan fingerprint density at radius 1 is 1.17 bits per heavy atom. The predicted octanol–water partition coefficient (Wildman–Crippen LogP) is 2.76. The lowest BCUT2D eigenvalue weighted by Gasteiger charge is -2.14. The van der Waals surface area contributed by atoms with Crippen LogP contribution in [0.25, 0.3) is 0 Å². The van der Waals surface area contributed by atoms with Crippen molar-refractivity contribution in [3.05, 3.63) is 0 Å². The summed E-state index contributed by atoms with van der Waals surface area (Å²) in [5.41, 5.74) is 0. The number of carbonyl (C=O) groups is 1. The smallest absolute Gasteiger partial charge is 0.289 e. The fourth-order valence-electron chi connectivity index (χ4n) is 0.431. The molecule has 0 rings (SSSR count). The van der Waals surface area contributed by atoms with Crippen LogP contribution in [0.1, 0.15) is 6.92 Å². The van der Waals surface area contributed by atoms with Gasteiger partial charge in [-0.15, -0.1) is 17.4 Å². The molecular weight excluding hydrogens is 183 g/mol. The van der Waals surface area contributed by atoms with Gasteiger partial charge in [-0.3, -0.25) is 4.79 Å². The summed E-state index contributed by atoms with van der Waals surface area (Å²) in [6, 6.07) is 0. The predicted molar refractivity (Wildman–Crippen MR) is 58.5 cm³/mol. The summed E-state index contributed by atoms with van der Waals surface area (Å²) in [6.07, 6.45) is 0. The highest BCUT2D eigenvalue weighted by Gasteiger charge is 2.16. The first-order valence-electron chi connectivity index (χ1n) is 4.34. The maximum Gasteiger partial charge on any atom is 0.289 e. The highest BCUT2D eigenvalue weighted by atomic mass is 28.4. The van der Waals surface area contributed by atoms with Crippen molar-refractivity contribution in [3.63, 3.8) is 0 Å². The van der Waals surface area contributed by atoms with E-state index in [2.05, 4.69) is 17.4 Å². The summed E-state index contributed by atoms with van der Waals surface area (Å²) in [4.78, 5) is 10.3. The Labute approximate surface area is 81.8 Å². The molecule has 0 aliphatic rings. The van der Waals surface area contributed by atoms with Crippen molar-refractivity contribution in [2.24, 2.45) is 0 Å². The van der Waals surface area contributed by atoms with Crippen molar-refractivity contribution < 1.29 is 9.22 Å². The Morgan fingerprint density at radius 2 is 1.42 bits per heavy atom. The standard InChI is InChI=1S/C5H12O2Si.3CH3.Al/c1-5(6)7-8(2,3)4;;;;/h1-4H3;3*1H3;. The molecule has 0 amide bonds. The van der Waals surface area contributed by atoms with Gasteiger partial charge in [0, 0.05) is 6.92 Å². The van der Waals surface area contributed by atoms with Crippen molar-refractivity contribution in [2.45, 2.75) is 43.9 Å². The first kappa shape index (κ1) is 14.7. The molecule has 0 aliphatic carbocycles. The maximum atomic E-state index is 10.3. The van der Waals surface area contributed by atoms with Crippen LogP contribution >= 0.6 is 0 Å². The van der Waals surface area contributed by atoms with E-state index >= 15 is 0 Å². The average molecular weight is 204 g/mol. The third kappa shape index (κ3) is 31.9. The maximum absolute atomic E-state index is 10.3. The molecule has 0 saturated heterocycles. The topological polar surface area (TPSA) is 26.3 Å². The van der Waals surface area contributed by atoms with Crippen molar-refractivity contribution in [3.8, 4) is 0 Å². The molecule has 0 heterocycles. The summed E-state index contributed by atoms with van der Waals surface area (Å²) in [5, 5.41) is 0. The zero-order valence-corrected chi connectivity index (χ0v) is 11.5. The van der Waals surface area contributed by atoms with Gasteiger partial charge in [-0.2, -0.15) is 0 Å². The second-order valence-electron chi connectivity index (χ2n) is 4.44. The van der Waals surface area contributed by atoms with Gasteiger partial charge in [-0.05, 0) is 19.6 Å². The monoisotopic (exact) mass is 204 g/mol. The van der Waals surface area contributed by atoms with Gasteiger partial charge >= 0.3 is 0 Å². The highest BCUT2D eigenvalue weighted by Crippen LogP contribution is 2.01. The Bertz CT molecular complexity index is 127. The Kier molecular flexibility index (Phi) is 8.23. The fourth-order valence-corrected chi connectivity index (χ4v) is 1.29. The van der Waals surface area contributed by atoms with E-state index in [4.69, 9.17) is 4.43 Å². The first-order valence-corrected chi connectivity index (χ1v) is 11.2.